The van der Waals surface area contributed by atoms with Gasteiger partial charge in [0.05, 0.1) is 0 Å². The van der Waals surface area contributed by atoms with Crippen LogP contribution in [0.15, 0.2) is 54.1 Å². The van der Waals surface area contributed by atoms with Gasteiger partial charge in [-0.2, -0.15) is 0 Å². The summed E-state index contributed by atoms with van der Waals surface area (Å²) in [7, 11) is 0. The van der Waals surface area contributed by atoms with Crippen molar-refractivity contribution in [2.24, 2.45) is 11.8 Å². The van der Waals surface area contributed by atoms with Crippen LogP contribution in [0.25, 0.3) is 10.1 Å². The number of aryl methyl sites for hydroxylation is 1. The zero-order valence-corrected chi connectivity index (χ0v) is 30.2. The van der Waals surface area contributed by atoms with E-state index in [4.69, 9.17) is 0 Å². The minimum absolute atomic E-state index is 0.126. The number of anilines is 2. The molecule has 1 aromatic heterocycles. The normalized spacial score (nSPS) is 23.6. The van der Waals surface area contributed by atoms with Gasteiger partial charge in [0.25, 0.3) is 6.71 Å². The number of fused-ring (bicyclic) bond motifs is 4. The second kappa shape index (κ2) is 10.3. The van der Waals surface area contributed by atoms with Crippen molar-refractivity contribution in [2.45, 2.75) is 118 Å². The molecule has 0 spiro atoms. The summed E-state index contributed by atoms with van der Waals surface area (Å²) in [5.74, 6) is 1.00. The Bertz CT molecular complexity index is 1850. The smallest absolute Gasteiger partial charge is 0.269 e. The highest BCUT2D eigenvalue weighted by Gasteiger charge is 2.45. The topological polar surface area (TPSA) is 3.24 Å². The summed E-state index contributed by atoms with van der Waals surface area (Å²) in [5.41, 5.74) is 13.1. The van der Waals surface area contributed by atoms with Gasteiger partial charge < -0.3 is 4.90 Å². The highest BCUT2D eigenvalue weighted by molar-refractivity contribution is 7.32. The molecule has 4 aromatic rings. The molecule has 3 aliphatic rings. The third kappa shape index (κ3) is 4.98. The van der Waals surface area contributed by atoms with Crippen LogP contribution in [0.4, 0.5) is 11.4 Å². The van der Waals surface area contributed by atoms with Crippen molar-refractivity contribution >= 4 is 55.2 Å². The molecule has 0 saturated carbocycles. The van der Waals surface area contributed by atoms with Crippen LogP contribution >= 0.6 is 11.3 Å². The largest absolute Gasteiger partial charge is 0.338 e. The first-order valence-electron chi connectivity index (χ1n) is 17.2. The molecule has 2 aliphatic carbocycles. The lowest BCUT2D eigenvalue weighted by atomic mass is 9.37. The lowest BCUT2D eigenvalue weighted by Gasteiger charge is -2.49. The van der Waals surface area contributed by atoms with Gasteiger partial charge in [0.2, 0.25) is 0 Å². The van der Waals surface area contributed by atoms with E-state index in [-0.39, 0.29) is 23.0 Å². The Hall–Kier alpha value is -2.96. The fourth-order valence-corrected chi connectivity index (χ4v) is 10.1. The molecule has 2 heterocycles. The number of allylic oxidation sites excluding steroid dienone is 1. The van der Waals surface area contributed by atoms with E-state index in [1.807, 2.05) is 11.3 Å². The molecule has 0 radical (unpaired) electrons. The van der Waals surface area contributed by atoms with Gasteiger partial charge in [0.15, 0.2) is 0 Å². The Labute approximate surface area is 277 Å². The molecule has 0 saturated heterocycles. The molecule has 3 atom stereocenters. The van der Waals surface area contributed by atoms with E-state index in [1.165, 1.54) is 61.1 Å². The Balaban J connectivity index is 1.53. The lowest BCUT2D eigenvalue weighted by Crippen LogP contribution is -2.60. The van der Waals surface area contributed by atoms with Gasteiger partial charge >= 0.3 is 0 Å². The molecule has 0 fully saturated rings. The van der Waals surface area contributed by atoms with Crippen LogP contribution in [-0.2, 0) is 16.2 Å². The molecule has 7 rings (SSSR count). The van der Waals surface area contributed by atoms with Crippen LogP contribution in [0.1, 0.15) is 111 Å². The number of hydrogen-bond acceptors (Lipinski definition) is 2. The van der Waals surface area contributed by atoms with Crippen LogP contribution in [-0.4, -0.2) is 12.8 Å². The van der Waals surface area contributed by atoms with Crippen molar-refractivity contribution in [1.82, 2.24) is 0 Å². The van der Waals surface area contributed by atoms with Gasteiger partial charge in [-0.1, -0.05) is 104 Å². The standard InChI is InChI=1S/C42H50BNS/c1-25-12-15-33-35(20-25)44(39-27(3)18-26(2)19-28(39)4)36-24-32-31(41(8,9)16-17-42(32,10)11)23-34(36)43(33)38-21-29-13-14-30(40(5,6)7)22-37(29)45-38/h13-14,18,20-24,27-28,39H,16-17,19H2,1-11H3. The molecule has 1 aliphatic heterocycles. The van der Waals surface area contributed by atoms with E-state index >= 15 is 0 Å². The number of benzene rings is 2. The van der Waals surface area contributed by atoms with Gasteiger partial charge in [-0.15, -0.1) is 11.3 Å². The van der Waals surface area contributed by atoms with Crippen LogP contribution in [0.3, 0.4) is 0 Å². The van der Waals surface area contributed by atoms with Crippen molar-refractivity contribution in [3.8, 4) is 0 Å². The maximum atomic E-state index is 3.78. The summed E-state index contributed by atoms with van der Waals surface area (Å²) in [4.78, 5) is 2.76. The summed E-state index contributed by atoms with van der Waals surface area (Å²) in [6.45, 7) is 26.4. The monoisotopic (exact) mass is 611 g/mol. The maximum Gasteiger partial charge on any atom is 0.269 e. The molecule has 0 N–H and O–H groups in total. The lowest BCUT2D eigenvalue weighted by molar-refractivity contribution is 0.331. The summed E-state index contributed by atoms with van der Waals surface area (Å²) in [6, 6.07) is 25.0. The molecule has 1 nitrogen and oxygen atoms in total. The number of rotatable bonds is 2. The first-order chi connectivity index (χ1) is 21.0. The average molecular weight is 612 g/mol. The third-order valence-electron chi connectivity index (χ3n) is 11.4. The van der Waals surface area contributed by atoms with Crippen LogP contribution in [0.2, 0.25) is 0 Å². The van der Waals surface area contributed by atoms with E-state index < -0.39 is 0 Å². The van der Waals surface area contributed by atoms with Crippen LogP contribution in [0, 0.1) is 30.9 Å². The second-order valence-corrected chi connectivity index (χ2v) is 18.2. The molecule has 3 heteroatoms. The van der Waals surface area contributed by atoms with E-state index in [1.54, 1.807) is 11.1 Å². The Morgan fingerprint density at radius 3 is 2.22 bits per heavy atom. The minimum Gasteiger partial charge on any atom is -0.338 e. The quantitative estimate of drug-likeness (QED) is 0.161. The summed E-state index contributed by atoms with van der Waals surface area (Å²) in [6.07, 6.45) is 6.12. The first kappa shape index (κ1) is 30.7. The van der Waals surface area contributed by atoms with E-state index in [0.717, 1.165) is 12.0 Å². The highest BCUT2D eigenvalue weighted by atomic mass is 32.1. The van der Waals surface area contributed by atoms with Crippen molar-refractivity contribution in [3.63, 3.8) is 0 Å². The van der Waals surface area contributed by atoms with Crippen molar-refractivity contribution < 1.29 is 0 Å². The SMILES string of the molecule is CC1=CC(C)C(N2c3cc(C)c#cc3B(c3cc4ccc(C(C)(C)C)cc4s3)c3cc4c(cc32)C(C)(C)CCC4(C)C)C(C)C1. The molecule has 45 heavy (non-hydrogen) atoms. The minimum atomic E-state index is 0.126. The summed E-state index contributed by atoms with van der Waals surface area (Å²) < 4.78 is 2.80. The summed E-state index contributed by atoms with van der Waals surface area (Å²) in [5, 5.41) is 1.35. The predicted octanol–water partition coefficient (Wildman–Crippen LogP) is 9.42. The first-order valence-corrected chi connectivity index (χ1v) is 18.0. The third-order valence-corrected chi connectivity index (χ3v) is 12.6. The second-order valence-electron chi connectivity index (χ2n) is 17.1. The van der Waals surface area contributed by atoms with Gasteiger partial charge in [0, 0.05) is 33.1 Å². The van der Waals surface area contributed by atoms with Crippen molar-refractivity contribution in [2.75, 3.05) is 4.90 Å². The zero-order valence-electron chi connectivity index (χ0n) is 29.4. The van der Waals surface area contributed by atoms with Crippen molar-refractivity contribution in [1.29, 1.82) is 0 Å². The van der Waals surface area contributed by atoms with Crippen molar-refractivity contribution in [3.05, 3.63) is 88.5 Å². The maximum absolute atomic E-state index is 3.78. The molecule has 0 amide bonds. The molecule has 3 unspecified atom stereocenters. The fraction of sp³-hybridized carbons (Fsp3) is 0.476. The molecular weight excluding hydrogens is 561 g/mol. The number of thiophene rings is 1. The van der Waals surface area contributed by atoms with Crippen LogP contribution < -0.4 is 20.6 Å². The number of nitrogens with zero attached hydrogens (tertiary/aromatic N) is 1. The predicted molar refractivity (Wildman–Crippen MR) is 198 cm³/mol. The fourth-order valence-electron chi connectivity index (χ4n) is 8.84. The van der Waals surface area contributed by atoms with Gasteiger partial charge in [-0.25, -0.2) is 0 Å². The van der Waals surface area contributed by atoms with Gasteiger partial charge in [-0.3, -0.25) is 0 Å². The molecule has 232 valence electrons. The van der Waals surface area contributed by atoms with Gasteiger partial charge in [-0.05, 0) is 118 Å². The molecule has 0 bridgehead atoms. The molecule has 3 aromatic carbocycles. The highest BCUT2D eigenvalue weighted by Crippen LogP contribution is 2.49. The Morgan fingerprint density at radius 1 is 0.867 bits per heavy atom. The van der Waals surface area contributed by atoms with Crippen LogP contribution in [0.5, 0.6) is 0 Å². The zero-order chi connectivity index (χ0) is 32.2. The van der Waals surface area contributed by atoms with E-state index in [9.17, 15) is 0 Å². The van der Waals surface area contributed by atoms with E-state index in [2.05, 4.69) is 142 Å². The Kier molecular flexibility index (Phi) is 7.01. The van der Waals surface area contributed by atoms with Gasteiger partial charge in [0.1, 0.15) is 0 Å². The average Bonchev–Trinajstić information content (AvgIpc) is 3.37. The van der Waals surface area contributed by atoms with E-state index in [0.29, 0.717) is 17.9 Å². The Morgan fingerprint density at radius 2 is 1.56 bits per heavy atom. The molecular formula is C42H50BNS. The summed E-state index contributed by atoms with van der Waals surface area (Å²) >= 11 is 1.98. The number of hydrogen-bond donors (Lipinski definition) is 0.